The zero-order valence-electron chi connectivity index (χ0n) is 8.08. The van der Waals surface area contributed by atoms with Crippen molar-refractivity contribution in [1.29, 1.82) is 0 Å². The molecule has 0 fully saturated rings. The molecule has 0 atom stereocenters. The van der Waals surface area contributed by atoms with Crippen LogP contribution >= 0.6 is 12.6 Å². The Labute approximate surface area is 94.4 Å². The van der Waals surface area contributed by atoms with Crippen LogP contribution in [0.1, 0.15) is 10.4 Å². The van der Waals surface area contributed by atoms with Crippen molar-refractivity contribution in [3.05, 3.63) is 66.5 Å². The van der Waals surface area contributed by atoms with Crippen molar-refractivity contribution in [2.45, 2.75) is 0 Å². The van der Waals surface area contributed by atoms with Gasteiger partial charge in [-0.1, -0.05) is 36.4 Å². The highest BCUT2D eigenvalue weighted by Crippen LogP contribution is 2.00. The molecule has 0 aliphatic rings. The maximum Gasteiger partial charge on any atom is 0.216 e. The van der Waals surface area contributed by atoms with E-state index in [1.807, 2.05) is 36.4 Å². The molecule has 3 heteroatoms. The number of aromatic nitrogens is 1. The van der Waals surface area contributed by atoms with Crippen LogP contribution in [0, 0.1) is 0 Å². The summed E-state index contributed by atoms with van der Waals surface area (Å²) >= 11 is 3.65. The predicted molar refractivity (Wildman–Crippen MR) is 64.0 cm³/mol. The van der Waals surface area contributed by atoms with Gasteiger partial charge in [-0.2, -0.15) is 0 Å². The molecule has 15 heavy (non-hydrogen) atoms. The maximum atomic E-state index is 10.5. The molecule has 2 nitrogen and oxygen atoms in total. The highest BCUT2D eigenvalue weighted by molar-refractivity contribution is 7.97. The van der Waals surface area contributed by atoms with Crippen molar-refractivity contribution < 1.29 is 4.79 Å². The SMILES string of the molecule is O=C(S)c1ccccc1.c1ccncc1. The van der Waals surface area contributed by atoms with Crippen molar-refractivity contribution >= 4 is 17.7 Å². The molecule has 1 aromatic carbocycles. The van der Waals surface area contributed by atoms with Gasteiger partial charge in [-0.05, 0) is 12.1 Å². The van der Waals surface area contributed by atoms with Crippen LogP contribution in [0.4, 0.5) is 0 Å². The van der Waals surface area contributed by atoms with Gasteiger partial charge in [0.05, 0.1) is 0 Å². The lowest BCUT2D eigenvalue weighted by Gasteiger charge is -1.88. The summed E-state index contributed by atoms with van der Waals surface area (Å²) in [7, 11) is 0. The molecule has 0 N–H and O–H groups in total. The fourth-order valence-corrected chi connectivity index (χ4v) is 1.04. The second-order valence-electron chi connectivity index (χ2n) is 2.70. The predicted octanol–water partition coefficient (Wildman–Crippen LogP) is 2.84. The number of nitrogens with zero attached hydrogens (tertiary/aromatic N) is 1. The monoisotopic (exact) mass is 217 g/mol. The molecule has 2 rings (SSSR count). The Bertz CT molecular complexity index is 362. The van der Waals surface area contributed by atoms with E-state index in [2.05, 4.69) is 17.6 Å². The molecule has 1 heterocycles. The van der Waals surface area contributed by atoms with Crippen LogP contribution in [0.5, 0.6) is 0 Å². The number of carbonyl (C=O) groups is 1. The summed E-state index contributed by atoms with van der Waals surface area (Å²) in [6, 6.07) is 14.7. The number of hydrogen-bond acceptors (Lipinski definition) is 2. The molecule has 0 unspecified atom stereocenters. The van der Waals surface area contributed by atoms with Gasteiger partial charge in [-0.15, -0.1) is 12.6 Å². The average Bonchev–Trinajstić information content (AvgIpc) is 2.33. The van der Waals surface area contributed by atoms with Crippen molar-refractivity contribution in [2.24, 2.45) is 0 Å². The summed E-state index contributed by atoms with van der Waals surface area (Å²) in [5.74, 6) is 0. The Balaban J connectivity index is 0.000000162. The summed E-state index contributed by atoms with van der Waals surface area (Å²) < 4.78 is 0. The molecule has 0 aliphatic heterocycles. The number of rotatable bonds is 1. The van der Waals surface area contributed by atoms with E-state index < -0.39 is 0 Å². The number of carbonyl (C=O) groups excluding carboxylic acids is 1. The van der Waals surface area contributed by atoms with Crippen molar-refractivity contribution in [2.75, 3.05) is 0 Å². The molecule has 2 aromatic rings. The van der Waals surface area contributed by atoms with Crippen LogP contribution in [0.3, 0.4) is 0 Å². The summed E-state index contributed by atoms with van der Waals surface area (Å²) in [6.07, 6.45) is 3.50. The van der Waals surface area contributed by atoms with E-state index >= 15 is 0 Å². The Hall–Kier alpha value is -1.61. The Morgan fingerprint density at radius 2 is 1.47 bits per heavy atom. The van der Waals surface area contributed by atoms with Gasteiger partial charge in [-0.3, -0.25) is 9.78 Å². The largest absolute Gasteiger partial charge is 0.282 e. The van der Waals surface area contributed by atoms with Gasteiger partial charge < -0.3 is 0 Å². The molecule has 0 radical (unpaired) electrons. The third-order valence-electron chi connectivity index (χ3n) is 1.59. The van der Waals surface area contributed by atoms with Gasteiger partial charge in [0.2, 0.25) is 5.12 Å². The minimum absolute atomic E-state index is 0.185. The molecule has 0 spiro atoms. The minimum Gasteiger partial charge on any atom is -0.282 e. The van der Waals surface area contributed by atoms with Crippen LogP contribution in [0.25, 0.3) is 0 Å². The highest BCUT2D eigenvalue weighted by atomic mass is 32.1. The topological polar surface area (TPSA) is 30.0 Å². The highest BCUT2D eigenvalue weighted by Gasteiger charge is 1.94. The smallest absolute Gasteiger partial charge is 0.216 e. The third-order valence-corrected chi connectivity index (χ3v) is 1.85. The molecule has 0 saturated heterocycles. The van der Waals surface area contributed by atoms with Gasteiger partial charge in [0, 0.05) is 18.0 Å². The fraction of sp³-hybridized carbons (Fsp3) is 0. The molecule has 0 aliphatic carbocycles. The van der Waals surface area contributed by atoms with Crippen LogP contribution in [0.2, 0.25) is 0 Å². The van der Waals surface area contributed by atoms with E-state index in [0.717, 1.165) is 0 Å². The van der Waals surface area contributed by atoms with Crippen molar-refractivity contribution in [3.8, 4) is 0 Å². The first-order valence-corrected chi connectivity index (χ1v) is 4.89. The summed E-state index contributed by atoms with van der Waals surface area (Å²) in [4.78, 5) is 14.3. The van der Waals surface area contributed by atoms with Crippen LogP contribution in [0.15, 0.2) is 60.9 Å². The Morgan fingerprint density at radius 3 is 1.73 bits per heavy atom. The summed E-state index contributed by atoms with van der Waals surface area (Å²) in [5, 5.41) is -0.185. The zero-order chi connectivity index (χ0) is 10.9. The molecule has 0 bridgehead atoms. The lowest BCUT2D eigenvalue weighted by atomic mass is 10.2. The minimum atomic E-state index is -0.185. The van der Waals surface area contributed by atoms with E-state index in [9.17, 15) is 4.79 Å². The number of hydrogen-bond donors (Lipinski definition) is 1. The molecule has 76 valence electrons. The fourth-order valence-electron chi connectivity index (χ4n) is 0.893. The van der Waals surface area contributed by atoms with Gasteiger partial charge in [0.15, 0.2) is 0 Å². The quantitative estimate of drug-likeness (QED) is 0.744. The second kappa shape index (κ2) is 6.79. The first-order chi connectivity index (χ1) is 7.30. The van der Waals surface area contributed by atoms with Gasteiger partial charge >= 0.3 is 0 Å². The van der Waals surface area contributed by atoms with Gasteiger partial charge in [0.1, 0.15) is 0 Å². The lowest BCUT2D eigenvalue weighted by Crippen LogP contribution is -1.84. The lowest BCUT2D eigenvalue weighted by molar-refractivity contribution is 0.109. The third kappa shape index (κ3) is 4.98. The van der Waals surface area contributed by atoms with Gasteiger partial charge in [0.25, 0.3) is 0 Å². The Morgan fingerprint density at radius 1 is 0.933 bits per heavy atom. The first kappa shape index (κ1) is 11.5. The maximum absolute atomic E-state index is 10.5. The zero-order valence-corrected chi connectivity index (χ0v) is 8.97. The van der Waals surface area contributed by atoms with E-state index in [0.29, 0.717) is 5.56 Å². The number of benzene rings is 1. The van der Waals surface area contributed by atoms with Crippen molar-refractivity contribution in [1.82, 2.24) is 4.98 Å². The molecule has 0 amide bonds. The normalized spacial score (nSPS) is 8.60. The molecular formula is C12H11NOS. The van der Waals surface area contributed by atoms with E-state index in [1.165, 1.54) is 0 Å². The summed E-state index contributed by atoms with van der Waals surface area (Å²) in [5.41, 5.74) is 0.640. The van der Waals surface area contributed by atoms with Crippen molar-refractivity contribution in [3.63, 3.8) is 0 Å². The average molecular weight is 217 g/mol. The standard InChI is InChI=1S/C7H6OS.C5H5N/c8-7(9)6-4-2-1-3-5-6;1-2-4-6-5-3-1/h1-5H,(H,8,9);1-5H. The van der Waals surface area contributed by atoms with E-state index in [4.69, 9.17) is 0 Å². The molecule has 1 aromatic heterocycles. The van der Waals surface area contributed by atoms with Gasteiger partial charge in [-0.25, -0.2) is 0 Å². The van der Waals surface area contributed by atoms with E-state index in [-0.39, 0.29) is 5.12 Å². The second-order valence-corrected chi connectivity index (χ2v) is 3.10. The molecule has 0 saturated carbocycles. The van der Waals surface area contributed by atoms with Crippen LogP contribution in [-0.2, 0) is 0 Å². The number of pyridine rings is 1. The Kier molecular flexibility index (Phi) is 5.19. The summed E-state index contributed by atoms with van der Waals surface area (Å²) in [6.45, 7) is 0. The number of thiol groups is 1. The van der Waals surface area contributed by atoms with Crippen LogP contribution in [-0.4, -0.2) is 10.1 Å². The van der Waals surface area contributed by atoms with E-state index in [1.54, 1.807) is 24.5 Å². The molecular weight excluding hydrogens is 206 g/mol. The first-order valence-electron chi connectivity index (χ1n) is 4.44. The van der Waals surface area contributed by atoms with Crippen LogP contribution < -0.4 is 0 Å².